The highest BCUT2D eigenvalue weighted by molar-refractivity contribution is 5.88. The summed E-state index contributed by atoms with van der Waals surface area (Å²) in [6.45, 7) is 3.97. The summed E-state index contributed by atoms with van der Waals surface area (Å²) >= 11 is 0. The minimum atomic E-state index is -0.153. The Morgan fingerprint density at radius 1 is 1.17 bits per heavy atom. The molecule has 2 amide bonds. The maximum atomic E-state index is 12.1. The van der Waals surface area contributed by atoms with Crippen molar-refractivity contribution in [2.24, 2.45) is 0 Å². The summed E-state index contributed by atoms with van der Waals surface area (Å²) in [4.78, 5) is 28.3. The molecule has 1 fully saturated rings. The molecule has 0 radical (unpaired) electrons. The molecule has 2 N–H and O–H groups in total. The van der Waals surface area contributed by atoms with Gasteiger partial charge in [-0.2, -0.15) is 0 Å². The molecule has 120 valence electrons. The van der Waals surface area contributed by atoms with Crippen LogP contribution in [-0.4, -0.2) is 29.4 Å². The average Bonchev–Trinajstić information content (AvgIpc) is 3.33. The lowest BCUT2D eigenvalue weighted by atomic mass is 9.99. The molecule has 1 aromatic carbocycles. The van der Waals surface area contributed by atoms with E-state index in [1.807, 2.05) is 38.1 Å². The molecule has 1 saturated carbocycles. The van der Waals surface area contributed by atoms with Gasteiger partial charge in [-0.3, -0.25) is 14.6 Å². The van der Waals surface area contributed by atoms with Crippen LogP contribution in [0.3, 0.4) is 0 Å². The molecule has 1 aliphatic rings. The van der Waals surface area contributed by atoms with Crippen molar-refractivity contribution in [3.63, 3.8) is 0 Å². The van der Waals surface area contributed by atoms with E-state index in [2.05, 4.69) is 15.6 Å². The molecule has 23 heavy (non-hydrogen) atoms. The number of rotatable bonds is 5. The predicted octanol–water partition coefficient (Wildman–Crippen LogP) is 1.79. The van der Waals surface area contributed by atoms with Crippen molar-refractivity contribution in [2.75, 3.05) is 6.54 Å². The number of hydrogen-bond donors (Lipinski definition) is 2. The van der Waals surface area contributed by atoms with Gasteiger partial charge in [-0.05, 0) is 43.9 Å². The summed E-state index contributed by atoms with van der Waals surface area (Å²) in [6.07, 6.45) is 2.33. The number of aryl methyl sites for hydroxylation is 2. The second kappa shape index (κ2) is 6.36. The zero-order chi connectivity index (χ0) is 16.4. The van der Waals surface area contributed by atoms with Crippen LogP contribution in [0, 0.1) is 13.8 Å². The van der Waals surface area contributed by atoms with Crippen molar-refractivity contribution < 1.29 is 9.59 Å². The van der Waals surface area contributed by atoms with Gasteiger partial charge in [-0.25, -0.2) is 0 Å². The van der Waals surface area contributed by atoms with Crippen LogP contribution in [-0.2, 0) is 16.0 Å². The van der Waals surface area contributed by atoms with Crippen molar-refractivity contribution in [2.45, 2.75) is 39.2 Å². The van der Waals surface area contributed by atoms with Gasteiger partial charge in [0.2, 0.25) is 11.8 Å². The zero-order valence-electron chi connectivity index (χ0n) is 13.5. The highest BCUT2D eigenvalue weighted by Gasteiger charge is 2.23. The Labute approximate surface area is 135 Å². The fraction of sp³-hybridized carbons (Fsp3) is 0.389. The summed E-state index contributed by atoms with van der Waals surface area (Å²) < 4.78 is 0. The molecule has 0 aliphatic heterocycles. The van der Waals surface area contributed by atoms with E-state index in [-0.39, 0.29) is 24.8 Å². The van der Waals surface area contributed by atoms with E-state index in [0.29, 0.717) is 6.04 Å². The molecule has 3 rings (SSSR count). The summed E-state index contributed by atoms with van der Waals surface area (Å²) in [7, 11) is 0. The molecule has 0 unspecified atom stereocenters. The molecule has 0 saturated heterocycles. The molecule has 1 aromatic heterocycles. The van der Waals surface area contributed by atoms with Crippen LogP contribution in [0.15, 0.2) is 24.3 Å². The second-order valence-electron chi connectivity index (χ2n) is 6.11. The zero-order valence-corrected chi connectivity index (χ0v) is 13.5. The van der Waals surface area contributed by atoms with Crippen LogP contribution in [0.2, 0.25) is 0 Å². The number of hydrogen-bond acceptors (Lipinski definition) is 3. The number of amides is 2. The first-order valence-corrected chi connectivity index (χ1v) is 7.95. The second-order valence-corrected chi connectivity index (χ2v) is 6.11. The van der Waals surface area contributed by atoms with Gasteiger partial charge >= 0.3 is 0 Å². The fourth-order valence-corrected chi connectivity index (χ4v) is 2.74. The lowest BCUT2D eigenvalue weighted by molar-refractivity contribution is -0.125. The van der Waals surface area contributed by atoms with Gasteiger partial charge < -0.3 is 10.6 Å². The normalized spacial score (nSPS) is 13.8. The third-order valence-corrected chi connectivity index (χ3v) is 4.21. The highest BCUT2D eigenvalue weighted by atomic mass is 16.2. The van der Waals surface area contributed by atoms with Crippen LogP contribution < -0.4 is 10.6 Å². The van der Waals surface area contributed by atoms with E-state index in [0.717, 1.165) is 40.6 Å². The SMILES string of the molecule is Cc1nc2ccccc2c(C)c1CC(=O)NCC(=O)NC1CC1. The van der Waals surface area contributed by atoms with E-state index in [1.165, 1.54) is 0 Å². The Balaban J connectivity index is 1.67. The maximum Gasteiger partial charge on any atom is 0.239 e. The lowest BCUT2D eigenvalue weighted by Crippen LogP contribution is -2.38. The summed E-state index contributed by atoms with van der Waals surface area (Å²) in [5.74, 6) is -0.273. The Morgan fingerprint density at radius 3 is 2.65 bits per heavy atom. The Bertz CT molecular complexity index is 766. The van der Waals surface area contributed by atoms with Gasteiger partial charge in [-0.15, -0.1) is 0 Å². The van der Waals surface area contributed by atoms with Gasteiger partial charge in [0.1, 0.15) is 0 Å². The number of nitrogens with zero attached hydrogens (tertiary/aromatic N) is 1. The number of carbonyl (C=O) groups excluding carboxylic acids is 2. The summed E-state index contributed by atoms with van der Waals surface area (Å²) in [5.41, 5.74) is 3.81. The third kappa shape index (κ3) is 3.67. The Morgan fingerprint density at radius 2 is 1.91 bits per heavy atom. The van der Waals surface area contributed by atoms with E-state index in [9.17, 15) is 9.59 Å². The minimum absolute atomic E-state index is 0.0361. The third-order valence-electron chi connectivity index (χ3n) is 4.21. The number of fused-ring (bicyclic) bond motifs is 1. The van der Waals surface area contributed by atoms with Crippen LogP contribution in [0.25, 0.3) is 10.9 Å². The molecule has 0 spiro atoms. The summed E-state index contributed by atoms with van der Waals surface area (Å²) in [5, 5.41) is 6.60. The first kappa shape index (κ1) is 15.5. The fourth-order valence-electron chi connectivity index (χ4n) is 2.74. The van der Waals surface area contributed by atoms with Crippen LogP contribution >= 0.6 is 0 Å². The number of para-hydroxylation sites is 1. The van der Waals surface area contributed by atoms with Gasteiger partial charge in [0.05, 0.1) is 18.5 Å². The van der Waals surface area contributed by atoms with Crippen LogP contribution in [0.5, 0.6) is 0 Å². The molecule has 5 nitrogen and oxygen atoms in total. The van der Waals surface area contributed by atoms with Gasteiger partial charge in [0.15, 0.2) is 0 Å². The van der Waals surface area contributed by atoms with E-state index >= 15 is 0 Å². The number of nitrogens with one attached hydrogen (secondary N) is 2. The lowest BCUT2D eigenvalue weighted by Gasteiger charge is -2.12. The van der Waals surface area contributed by atoms with Crippen molar-refractivity contribution in [1.82, 2.24) is 15.6 Å². The number of aromatic nitrogens is 1. The van der Waals surface area contributed by atoms with Crippen LogP contribution in [0.1, 0.15) is 29.7 Å². The number of carbonyl (C=O) groups is 2. The van der Waals surface area contributed by atoms with Crippen molar-refractivity contribution in [3.8, 4) is 0 Å². The Hall–Kier alpha value is -2.43. The Kier molecular flexibility index (Phi) is 4.28. The van der Waals surface area contributed by atoms with Gasteiger partial charge in [-0.1, -0.05) is 18.2 Å². The molecular formula is C18H21N3O2. The first-order valence-electron chi connectivity index (χ1n) is 7.95. The number of pyridine rings is 1. The standard InChI is InChI=1S/C18H21N3O2/c1-11-14-5-3-4-6-16(14)20-12(2)15(11)9-17(22)19-10-18(23)21-13-7-8-13/h3-6,13H,7-10H2,1-2H3,(H,19,22)(H,21,23). The van der Waals surface area contributed by atoms with Crippen molar-refractivity contribution >= 4 is 22.7 Å². The molecule has 5 heteroatoms. The smallest absolute Gasteiger partial charge is 0.239 e. The van der Waals surface area contributed by atoms with Gasteiger partial charge in [0.25, 0.3) is 0 Å². The first-order chi connectivity index (χ1) is 11.0. The van der Waals surface area contributed by atoms with E-state index in [4.69, 9.17) is 0 Å². The highest BCUT2D eigenvalue weighted by Crippen LogP contribution is 2.22. The molecular weight excluding hydrogens is 290 g/mol. The maximum absolute atomic E-state index is 12.1. The molecule has 0 atom stereocenters. The molecule has 2 aromatic rings. The van der Waals surface area contributed by atoms with E-state index < -0.39 is 0 Å². The quantitative estimate of drug-likeness (QED) is 0.884. The predicted molar refractivity (Wildman–Crippen MR) is 89.1 cm³/mol. The summed E-state index contributed by atoms with van der Waals surface area (Å²) in [6, 6.07) is 8.23. The van der Waals surface area contributed by atoms with Gasteiger partial charge in [0, 0.05) is 17.1 Å². The van der Waals surface area contributed by atoms with E-state index in [1.54, 1.807) is 0 Å². The molecule has 1 heterocycles. The minimum Gasteiger partial charge on any atom is -0.352 e. The van der Waals surface area contributed by atoms with Crippen LogP contribution in [0.4, 0.5) is 0 Å². The molecule has 0 bridgehead atoms. The monoisotopic (exact) mass is 311 g/mol. The molecule has 1 aliphatic carbocycles. The topological polar surface area (TPSA) is 71.1 Å². The van der Waals surface area contributed by atoms with Crippen molar-refractivity contribution in [3.05, 3.63) is 41.1 Å². The number of benzene rings is 1. The van der Waals surface area contributed by atoms with Crippen molar-refractivity contribution in [1.29, 1.82) is 0 Å². The average molecular weight is 311 g/mol. The largest absolute Gasteiger partial charge is 0.352 e.